The fourth-order valence-electron chi connectivity index (χ4n) is 4.21. The van der Waals surface area contributed by atoms with E-state index in [-0.39, 0.29) is 30.1 Å². The molecule has 1 aromatic carbocycles. The smallest absolute Gasteiger partial charge is 0.325 e. The molecule has 4 rings (SSSR count). The first-order chi connectivity index (χ1) is 14.2. The number of carbonyl (C=O) groups is 4. The lowest BCUT2D eigenvalue weighted by Crippen LogP contribution is -2.52. The third-order valence-corrected chi connectivity index (χ3v) is 6.32. The molecule has 2 aliphatic heterocycles. The summed E-state index contributed by atoms with van der Waals surface area (Å²) in [6, 6.07) is 3.88. The number of hydrogen-bond donors (Lipinski definition) is 1. The van der Waals surface area contributed by atoms with E-state index < -0.39 is 17.4 Å². The first kappa shape index (κ1) is 20.3. The lowest BCUT2D eigenvalue weighted by atomic mass is 9.96. The molecule has 160 valence electrons. The molecule has 0 spiro atoms. The molecule has 1 saturated carbocycles. The van der Waals surface area contributed by atoms with Crippen molar-refractivity contribution in [3.05, 3.63) is 29.6 Å². The van der Waals surface area contributed by atoms with Crippen molar-refractivity contribution in [3.63, 3.8) is 0 Å². The van der Waals surface area contributed by atoms with Gasteiger partial charge in [0.2, 0.25) is 5.91 Å². The van der Waals surface area contributed by atoms with E-state index in [4.69, 9.17) is 0 Å². The Morgan fingerprint density at radius 1 is 1.17 bits per heavy atom. The van der Waals surface area contributed by atoms with E-state index >= 15 is 0 Å². The second-order valence-electron chi connectivity index (χ2n) is 8.39. The van der Waals surface area contributed by atoms with Crippen LogP contribution >= 0.6 is 0 Å². The van der Waals surface area contributed by atoms with E-state index in [9.17, 15) is 23.6 Å². The number of benzene rings is 1. The van der Waals surface area contributed by atoms with Gasteiger partial charge < -0.3 is 15.1 Å². The summed E-state index contributed by atoms with van der Waals surface area (Å²) in [7, 11) is 0. The molecule has 2 heterocycles. The monoisotopic (exact) mass is 416 g/mol. The maximum Gasteiger partial charge on any atom is 0.325 e. The highest BCUT2D eigenvalue weighted by atomic mass is 19.1. The number of carbonyl (C=O) groups excluding carboxylic acids is 4. The number of urea groups is 1. The molecule has 8 nitrogen and oxygen atoms in total. The van der Waals surface area contributed by atoms with Gasteiger partial charge in [0.05, 0.1) is 5.69 Å². The third-order valence-electron chi connectivity index (χ3n) is 6.32. The van der Waals surface area contributed by atoms with Crippen molar-refractivity contribution in [3.8, 4) is 0 Å². The molecule has 30 heavy (non-hydrogen) atoms. The number of nitrogens with zero attached hydrogens (tertiary/aromatic N) is 3. The Labute approximate surface area is 174 Å². The predicted octanol–water partition coefficient (Wildman–Crippen LogP) is 1.40. The Hall–Kier alpha value is -2.97. The molecule has 9 heteroatoms. The first-order valence-electron chi connectivity index (χ1n) is 10.2. The number of rotatable bonds is 5. The Bertz CT molecular complexity index is 924. The quantitative estimate of drug-likeness (QED) is 0.579. The van der Waals surface area contributed by atoms with Crippen molar-refractivity contribution >= 4 is 29.3 Å². The summed E-state index contributed by atoms with van der Waals surface area (Å²) >= 11 is 0. The summed E-state index contributed by atoms with van der Waals surface area (Å²) in [5, 5.41) is 2.74. The van der Waals surface area contributed by atoms with E-state index in [1.807, 2.05) is 4.90 Å². The van der Waals surface area contributed by atoms with Gasteiger partial charge in [0.1, 0.15) is 17.9 Å². The van der Waals surface area contributed by atoms with Crippen LogP contribution in [0.2, 0.25) is 0 Å². The molecule has 1 unspecified atom stereocenters. The molecule has 1 N–H and O–H groups in total. The average Bonchev–Trinajstić information content (AvgIpc) is 3.54. The van der Waals surface area contributed by atoms with E-state index in [1.165, 1.54) is 13.0 Å². The van der Waals surface area contributed by atoms with Crippen LogP contribution in [0.25, 0.3) is 0 Å². The number of piperazine rings is 1. The molecule has 3 fully saturated rings. The largest absolute Gasteiger partial charge is 0.366 e. The summed E-state index contributed by atoms with van der Waals surface area (Å²) in [4.78, 5) is 53.4. The van der Waals surface area contributed by atoms with Gasteiger partial charge in [0.15, 0.2) is 5.78 Å². The number of imide groups is 1. The summed E-state index contributed by atoms with van der Waals surface area (Å²) in [6.45, 7) is 4.38. The van der Waals surface area contributed by atoms with E-state index in [0.717, 1.165) is 17.7 Å². The number of hydrogen-bond acceptors (Lipinski definition) is 5. The molecule has 1 aromatic rings. The van der Waals surface area contributed by atoms with Crippen molar-refractivity contribution in [1.82, 2.24) is 15.1 Å². The highest BCUT2D eigenvalue weighted by molar-refractivity contribution is 6.09. The first-order valence-corrected chi connectivity index (χ1v) is 10.2. The third kappa shape index (κ3) is 3.53. The van der Waals surface area contributed by atoms with E-state index in [0.29, 0.717) is 37.4 Å². The Balaban J connectivity index is 1.35. The van der Waals surface area contributed by atoms with Crippen molar-refractivity contribution in [2.75, 3.05) is 37.6 Å². The van der Waals surface area contributed by atoms with Crippen LogP contribution in [-0.4, -0.2) is 71.7 Å². The van der Waals surface area contributed by atoms with Gasteiger partial charge in [0, 0.05) is 31.7 Å². The SMILES string of the molecule is CC(=O)c1ccc(N2CCN(C(=O)CN3C(=O)NC(C)(C4CC4)C3=O)CC2)c(F)c1. The van der Waals surface area contributed by atoms with Gasteiger partial charge in [-0.05, 0) is 50.8 Å². The average molecular weight is 416 g/mol. The summed E-state index contributed by atoms with van der Waals surface area (Å²) in [5.74, 6) is -1.17. The zero-order valence-corrected chi connectivity index (χ0v) is 17.1. The molecule has 0 aromatic heterocycles. The maximum absolute atomic E-state index is 14.4. The minimum Gasteiger partial charge on any atom is -0.366 e. The standard InChI is InChI=1S/C21H25FN4O4/c1-13(27)14-3-6-17(16(22)11-14)24-7-9-25(10-8-24)18(28)12-26-19(29)21(2,15-4-5-15)23-20(26)30/h3,6,11,15H,4-5,7-10,12H2,1-2H3,(H,23,30). The molecule has 2 saturated heterocycles. The van der Waals surface area contributed by atoms with E-state index in [2.05, 4.69) is 5.32 Å². The van der Waals surface area contributed by atoms with Gasteiger partial charge in [-0.2, -0.15) is 0 Å². The minimum absolute atomic E-state index is 0.141. The Morgan fingerprint density at radius 2 is 1.83 bits per heavy atom. The molecule has 1 aliphatic carbocycles. The van der Waals surface area contributed by atoms with Gasteiger partial charge in [-0.25, -0.2) is 9.18 Å². The van der Waals surface area contributed by atoms with Crippen molar-refractivity contribution < 1.29 is 23.6 Å². The topological polar surface area (TPSA) is 90.0 Å². The van der Waals surface area contributed by atoms with Crippen molar-refractivity contribution in [1.29, 1.82) is 0 Å². The normalized spacial score (nSPS) is 24.3. The second-order valence-corrected chi connectivity index (χ2v) is 8.39. The summed E-state index contributed by atoms with van der Waals surface area (Å²) in [5.41, 5.74) is -0.196. The highest BCUT2D eigenvalue weighted by Gasteiger charge is 2.56. The molecular weight excluding hydrogens is 391 g/mol. The van der Waals surface area contributed by atoms with Crippen LogP contribution in [-0.2, 0) is 9.59 Å². The van der Waals surface area contributed by atoms with Crippen LogP contribution in [0, 0.1) is 11.7 Å². The fourth-order valence-corrected chi connectivity index (χ4v) is 4.21. The van der Waals surface area contributed by atoms with Crippen molar-refractivity contribution in [2.24, 2.45) is 5.92 Å². The zero-order chi connectivity index (χ0) is 21.6. The molecular formula is C21H25FN4O4. The lowest BCUT2D eigenvalue weighted by molar-refractivity contribution is -0.139. The molecule has 0 radical (unpaired) electrons. The zero-order valence-electron chi connectivity index (χ0n) is 17.1. The molecule has 3 aliphatic rings. The Morgan fingerprint density at radius 3 is 2.40 bits per heavy atom. The number of anilines is 1. The number of ketones is 1. The number of amides is 4. The highest BCUT2D eigenvalue weighted by Crippen LogP contribution is 2.42. The van der Waals surface area contributed by atoms with Crippen LogP contribution in [0.5, 0.6) is 0 Å². The number of Topliss-reactive ketones (excluding diaryl/α,β-unsaturated/α-hetero) is 1. The van der Waals surface area contributed by atoms with E-state index in [1.54, 1.807) is 24.0 Å². The lowest BCUT2D eigenvalue weighted by Gasteiger charge is -2.36. The molecule has 4 amide bonds. The van der Waals surface area contributed by atoms with Gasteiger partial charge >= 0.3 is 6.03 Å². The number of nitrogens with one attached hydrogen (secondary N) is 1. The van der Waals surface area contributed by atoms with Gasteiger partial charge in [0.25, 0.3) is 5.91 Å². The summed E-state index contributed by atoms with van der Waals surface area (Å²) in [6.07, 6.45) is 1.80. The molecule has 0 bridgehead atoms. The van der Waals surface area contributed by atoms with Gasteiger partial charge in [-0.1, -0.05) is 0 Å². The minimum atomic E-state index is -0.903. The molecule has 1 atom stereocenters. The maximum atomic E-state index is 14.4. The van der Waals surface area contributed by atoms with Gasteiger partial charge in [-0.3, -0.25) is 19.3 Å². The predicted molar refractivity (Wildman–Crippen MR) is 107 cm³/mol. The van der Waals surface area contributed by atoms with Crippen LogP contribution < -0.4 is 10.2 Å². The van der Waals surface area contributed by atoms with Crippen LogP contribution in [0.3, 0.4) is 0 Å². The van der Waals surface area contributed by atoms with Crippen LogP contribution in [0.1, 0.15) is 37.0 Å². The summed E-state index contributed by atoms with van der Waals surface area (Å²) < 4.78 is 14.4. The van der Waals surface area contributed by atoms with Crippen molar-refractivity contribution in [2.45, 2.75) is 32.2 Å². The number of halogens is 1. The Kier molecular flexibility index (Phi) is 4.99. The second kappa shape index (κ2) is 7.37. The van der Waals surface area contributed by atoms with Crippen LogP contribution in [0.4, 0.5) is 14.9 Å². The fraction of sp³-hybridized carbons (Fsp3) is 0.524. The van der Waals surface area contributed by atoms with Crippen LogP contribution in [0.15, 0.2) is 18.2 Å². The van der Waals surface area contributed by atoms with Gasteiger partial charge in [-0.15, -0.1) is 0 Å².